The van der Waals surface area contributed by atoms with Crippen LogP contribution in [0.15, 0.2) is 47.4 Å². The molecule has 136 valence electrons. The number of rotatable bonds is 5. The van der Waals surface area contributed by atoms with Gasteiger partial charge in [-0.15, -0.1) is 0 Å². The van der Waals surface area contributed by atoms with E-state index < -0.39 is 10.0 Å². The molecule has 1 aliphatic heterocycles. The highest BCUT2D eigenvalue weighted by atomic mass is 35.5. The molecule has 1 heterocycles. The van der Waals surface area contributed by atoms with Crippen molar-refractivity contribution < 1.29 is 13.2 Å². The molecule has 1 N–H and O–H groups in total. The van der Waals surface area contributed by atoms with E-state index >= 15 is 0 Å². The summed E-state index contributed by atoms with van der Waals surface area (Å²) in [5.41, 5.74) is 1.37. The SMILES string of the molecule is N#Cc1ccccc1S(=O)(=O)Nc1ccc(CN2CCOCC2)c(Cl)c1. The number of ether oxygens (including phenoxy) is 1. The summed E-state index contributed by atoms with van der Waals surface area (Å²) in [5.74, 6) is 0. The third kappa shape index (κ3) is 4.34. The largest absolute Gasteiger partial charge is 0.379 e. The molecule has 1 fully saturated rings. The number of nitrogens with zero attached hydrogens (tertiary/aromatic N) is 2. The number of hydrogen-bond acceptors (Lipinski definition) is 5. The van der Waals surface area contributed by atoms with Crippen molar-refractivity contribution in [2.75, 3.05) is 31.0 Å². The zero-order valence-electron chi connectivity index (χ0n) is 14.0. The van der Waals surface area contributed by atoms with Crippen molar-refractivity contribution in [3.05, 3.63) is 58.6 Å². The molecule has 8 heteroatoms. The summed E-state index contributed by atoms with van der Waals surface area (Å²) in [7, 11) is -3.87. The maximum absolute atomic E-state index is 12.6. The highest BCUT2D eigenvalue weighted by Gasteiger charge is 2.19. The van der Waals surface area contributed by atoms with Gasteiger partial charge in [0.2, 0.25) is 0 Å². The van der Waals surface area contributed by atoms with Gasteiger partial charge in [0.15, 0.2) is 0 Å². The van der Waals surface area contributed by atoms with E-state index in [1.54, 1.807) is 24.3 Å². The molecule has 0 unspecified atom stereocenters. The van der Waals surface area contributed by atoms with Crippen LogP contribution in [0, 0.1) is 11.3 Å². The average molecular weight is 392 g/mol. The lowest BCUT2D eigenvalue weighted by molar-refractivity contribution is 0.0342. The van der Waals surface area contributed by atoms with Gasteiger partial charge >= 0.3 is 0 Å². The van der Waals surface area contributed by atoms with Gasteiger partial charge in [-0.2, -0.15) is 5.26 Å². The number of nitrogens with one attached hydrogen (secondary N) is 1. The average Bonchev–Trinajstić information content (AvgIpc) is 2.64. The Labute approximate surface area is 158 Å². The van der Waals surface area contributed by atoms with Crippen LogP contribution < -0.4 is 4.72 Å². The Hall–Kier alpha value is -2.11. The van der Waals surface area contributed by atoms with Crippen LogP contribution in [0.25, 0.3) is 0 Å². The fraction of sp³-hybridized carbons (Fsp3) is 0.278. The Morgan fingerprint density at radius 3 is 2.62 bits per heavy atom. The number of sulfonamides is 1. The second-order valence-electron chi connectivity index (χ2n) is 5.91. The summed E-state index contributed by atoms with van der Waals surface area (Å²) in [6.07, 6.45) is 0. The summed E-state index contributed by atoms with van der Waals surface area (Å²) < 4.78 is 32.9. The van der Waals surface area contributed by atoms with Crippen LogP contribution in [0.5, 0.6) is 0 Å². The van der Waals surface area contributed by atoms with Crippen LogP contribution in [-0.2, 0) is 21.3 Å². The standard InChI is InChI=1S/C18H18ClN3O3S/c19-17-11-16(6-5-15(17)13-22-7-9-25-10-8-22)21-26(23,24)18-4-2-1-3-14(18)12-20/h1-6,11,21H,7-10,13H2. The first kappa shape index (κ1) is 18.7. The highest BCUT2D eigenvalue weighted by molar-refractivity contribution is 7.92. The van der Waals surface area contributed by atoms with Gasteiger partial charge < -0.3 is 4.74 Å². The van der Waals surface area contributed by atoms with Crippen LogP contribution >= 0.6 is 11.6 Å². The van der Waals surface area contributed by atoms with Gasteiger partial charge in [0, 0.05) is 24.7 Å². The Kier molecular flexibility index (Phi) is 5.79. The van der Waals surface area contributed by atoms with E-state index in [9.17, 15) is 8.42 Å². The number of nitriles is 1. The van der Waals surface area contributed by atoms with Crippen LogP contribution in [0.4, 0.5) is 5.69 Å². The van der Waals surface area contributed by atoms with Crippen LogP contribution in [0.1, 0.15) is 11.1 Å². The van der Waals surface area contributed by atoms with E-state index in [-0.39, 0.29) is 10.5 Å². The monoisotopic (exact) mass is 391 g/mol. The number of hydrogen-bond donors (Lipinski definition) is 1. The van der Waals surface area contributed by atoms with Crippen molar-refractivity contribution in [2.24, 2.45) is 0 Å². The molecule has 2 aromatic rings. The number of anilines is 1. The molecule has 0 spiro atoms. The second-order valence-corrected chi connectivity index (χ2v) is 7.97. The molecule has 2 aromatic carbocycles. The topological polar surface area (TPSA) is 82.4 Å². The fourth-order valence-corrected chi connectivity index (χ4v) is 4.19. The highest BCUT2D eigenvalue weighted by Crippen LogP contribution is 2.25. The molecule has 1 saturated heterocycles. The summed E-state index contributed by atoms with van der Waals surface area (Å²) in [5, 5.41) is 9.60. The molecule has 6 nitrogen and oxygen atoms in total. The Bertz CT molecular complexity index is 935. The smallest absolute Gasteiger partial charge is 0.263 e. The lowest BCUT2D eigenvalue weighted by Gasteiger charge is -2.27. The van der Waals surface area contributed by atoms with E-state index in [0.717, 1.165) is 18.7 Å². The Morgan fingerprint density at radius 2 is 1.92 bits per heavy atom. The maximum atomic E-state index is 12.6. The summed E-state index contributed by atoms with van der Waals surface area (Å²) in [6.45, 7) is 3.78. The van der Waals surface area contributed by atoms with E-state index in [1.165, 1.54) is 12.1 Å². The van der Waals surface area contributed by atoms with E-state index in [0.29, 0.717) is 30.5 Å². The normalized spacial score (nSPS) is 15.4. The van der Waals surface area contributed by atoms with Gasteiger partial charge in [-0.25, -0.2) is 8.42 Å². The molecule has 0 aliphatic carbocycles. The summed E-state index contributed by atoms with van der Waals surface area (Å²) in [4.78, 5) is 2.17. The maximum Gasteiger partial charge on any atom is 0.263 e. The van der Waals surface area contributed by atoms with E-state index in [1.807, 2.05) is 12.1 Å². The Morgan fingerprint density at radius 1 is 1.19 bits per heavy atom. The molecule has 0 bridgehead atoms. The van der Waals surface area contributed by atoms with Crippen molar-refractivity contribution in [3.8, 4) is 6.07 Å². The number of benzene rings is 2. The van der Waals surface area contributed by atoms with Gasteiger partial charge in [0.1, 0.15) is 11.0 Å². The molecule has 1 aliphatic rings. The van der Waals surface area contributed by atoms with Crippen molar-refractivity contribution in [3.63, 3.8) is 0 Å². The minimum Gasteiger partial charge on any atom is -0.379 e. The van der Waals surface area contributed by atoms with Gasteiger partial charge in [0.05, 0.1) is 24.5 Å². The first-order valence-corrected chi connectivity index (χ1v) is 9.96. The third-order valence-corrected chi connectivity index (χ3v) is 5.89. The first-order chi connectivity index (χ1) is 12.5. The van der Waals surface area contributed by atoms with Crippen LogP contribution in [0.2, 0.25) is 5.02 Å². The van der Waals surface area contributed by atoms with Gasteiger partial charge in [-0.1, -0.05) is 29.8 Å². The molecule has 0 atom stereocenters. The van der Waals surface area contributed by atoms with Crippen molar-refractivity contribution in [1.82, 2.24) is 4.90 Å². The molecule has 0 aromatic heterocycles. The predicted molar refractivity (Wildman–Crippen MR) is 99.5 cm³/mol. The van der Waals surface area contributed by atoms with Gasteiger partial charge in [0.25, 0.3) is 10.0 Å². The van der Waals surface area contributed by atoms with Crippen molar-refractivity contribution in [2.45, 2.75) is 11.4 Å². The molecule has 3 rings (SSSR count). The number of halogens is 1. The second kappa shape index (κ2) is 8.06. The lowest BCUT2D eigenvalue weighted by atomic mass is 10.2. The van der Waals surface area contributed by atoms with Crippen molar-refractivity contribution in [1.29, 1.82) is 5.26 Å². The molecule has 0 amide bonds. The Balaban J connectivity index is 1.78. The molecular weight excluding hydrogens is 374 g/mol. The zero-order chi connectivity index (χ0) is 18.6. The molecule has 26 heavy (non-hydrogen) atoms. The number of morpholine rings is 1. The van der Waals surface area contributed by atoms with Crippen LogP contribution in [0.3, 0.4) is 0 Å². The summed E-state index contributed by atoms with van der Waals surface area (Å²) in [6, 6.07) is 13.0. The lowest BCUT2D eigenvalue weighted by Crippen LogP contribution is -2.35. The third-order valence-electron chi connectivity index (χ3n) is 4.10. The quantitative estimate of drug-likeness (QED) is 0.847. The molecular formula is C18H18ClN3O3S. The van der Waals surface area contributed by atoms with E-state index in [2.05, 4.69) is 9.62 Å². The van der Waals surface area contributed by atoms with Gasteiger partial charge in [-0.3, -0.25) is 9.62 Å². The predicted octanol–water partition coefficient (Wildman–Crippen LogP) is 2.84. The van der Waals surface area contributed by atoms with Gasteiger partial charge in [-0.05, 0) is 29.8 Å². The minimum atomic E-state index is -3.87. The first-order valence-electron chi connectivity index (χ1n) is 8.10. The zero-order valence-corrected chi connectivity index (χ0v) is 15.6. The fourth-order valence-electron chi connectivity index (χ4n) is 2.74. The van der Waals surface area contributed by atoms with E-state index in [4.69, 9.17) is 21.6 Å². The minimum absolute atomic E-state index is 0.0592. The molecule has 0 radical (unpaired) electrons. The summed E-state index contributed by atoms with van der Waals surface area (Å²) >= 11 is 6.34. The molecule has 0 saturated carbocycles. The van der Waals surface area contributed by atoms with Crippen LogP contribution in [-0.4, -0.2) is 39.6 Å². The van der Waals surface area contributed by atoms with Crippen molar-refractivity contribution >= 4 is 27.3 Å².